The van der Waals surface area contributed by atoms with Crippen LogP contribution in [0.15, 0.2) is 59.4 Å². The third-order valence-corrected chi connectivity index (χ3v) is 6.76. The lowest BCUT2D eigenvalue weighted by Crippen LogP contribution is -2.49. The SMILES string of the molecule is Cc1ccccc1NC(=O)N1CCN(Cc2cc(=O)n3nc(-c4cccc(F)c4)sc3n2)CC1. The summed E-state index contributed by atoms with van der Waals surface area (Å²) in [6.45, 7) is 5.00. The van der Waals surface area contributed by atoms with Crippen LogP contribution in [-0.4, -0.2) is 56.6 Å². The summed E-state index contributed by atoms with van der Waals surface area (Å²) >= 11 is 1.25. The van der Waals surface area contributed by atoms with Crippen LogP contribution in [0.1, 0.15) is 11.3 Å². The van der Waals surface area contributed by atoms with Gasteiger partial charge in [0.25, 0.3) is 5.56 Å². The second-order valence-corrected chi connectivity index (χ2v) is 9.16. The number of benzene rings is 2. The van der Waals surface area contributed by atoms with E-state index in [1.807, 2.05) is 31.2 Å². The molecule has 2 aromatic carbocycles. The summed E-state index contributed by atoms with van der Waals surface area (Å²) in [7, 11) is 0. The number of hydrogen-bond donors (Lipinski definition) is 1. The van der Waals surface area contributed by atoms with Crippen molar-refractivity contribution < 1.29 is 9.18 Å². The van der Waals surface area contributed by atoms with Crippen LogP contribution in [-0.2, 0) is 6.54 Å². The van der Waals surface area contributed by atoms with Gasteiger partial charge < -0.3 is 10.2 Å². The first kappa shape index (κ1) is 22.2. The first-order valence-corrected chi connectivity index (χ1v) is 11.8. The van der Waals surface area contributed by atoms with Crippen molar-refractivity contribution in [2.45, 2.75) is 13.5 Å². The number of piperazine rings is 1. The fourth-order valence-corrected chi connectivity index (χ4v) is 4.84. The number of nitrogens with one attached hydrogen (secondary N) is 1. The van der Waals surface area contributed by atoms with Gasteiger partial charge in [0.05, 0.1) is 5.69 Å². The molecule has 2 amide bonds. The van der Waals surface area contributed by atoms with E-state index in [1.54, 1.807) is 17.0 Å². The van der Waals surface area contributed by atoms with Gasteiger partial charge in [-0.15, -0.1) is 0 Å². The van der Waals surface area contributed by atoms with Crippen LogP contribution in [0.3, 0.4) is 0 Å². The van der Waals surface area contributed by atoms with Crippen LogP contribution >= 0.6 is 11.3 Å². The molecule has 2 aromatic heterocycles. The normalized spacial score (nSPS) is 14.5. The Labute approximate surface area is 199 Å². The zero-order chi connectivity index (χ0) is 23.7. The minimum Gasteiger partial charge on any atom is -0.322 e. The van der Waals surface area contributed by atoms with Gasteiger partial charge in [0.15, 0.2) is 0 Å². The summed E-state index contributed by atoms with van der Waals surface area (Å²) < 4.78 is 14.8. The Balaban J connectivity index is 1.24. The van der Waals surface area contributed by atoms with E-state index < -0.39 is 0 Å². The quantitative estimate of drug-likeness (QED) is 0.485. The summed E-state index contributed by atoms with van der Waals surface area (Å²) in [5, 5.41) is 7.82. The number of rotatable bonds is 4. The Morgan fingerprint density at radius 2 is 1.88 bits per heavy atom. The zero-order valence-electron chi connectivity index (χ0n) is 18.6. The lowest BCUT2D eigenvalue weighted by molar-refractivity contribution is 0.142. The number of aromatic nitrogens is 3. The van der Waals surface area contributed by atoms with E-state index in [0.29, 0.717) is 53.9 Å². The summed E-state index contributed by atoms with van der Waals surface area (Å²) in [5.74, 6) is -0.357. The Morgan fingerprint density at radius 1 is 1.09 bits per heavy atom. The molecule has 4 aromatic rings. The number of carbonyl (C=O) groups is 1. The van der Waals surface area contributed by atoms with Crippen molar-refractivity contribution in [3.63, 3.8) is 0 Å². The Bertz CT molecular complexity index is 1410. The van der Waals surface area contributed by atoms with Crippen LogP contribution in [0.2, 0.25) is 0 Å². The van der Waals surface area contributed by atoms with Crippen LogP contribution in [0.25, 0.3) is 15.5 Å². The lowest BCUT2D eigenvalue weighted by atomic mass is 10.2. The van der Waals surface area contributed by atoms with Gasteiger partial charge >= 0.3 is 6.03 Å². The predicted molar refractivity (Wildman–Crippen MR) is 130 cm³/mol. The molecule has 0 bridgehead atoms. The molecule has 1 fully saturated rings. The number of fused-ring (bicyclic) bond motifs is 1. The third-order valence-electron chi connectivity index (χ3n) is 5.80. The Morgan fingerprint density at radius 3 is 2.65 bits per heavy atom. The molecule has 10 heteroatoms. The summed E-state index contributed by atoms with van der Waals surface area (Å²) in [6, 6.07) is 15.2. The molecule has 174 valence electrons. The molecule has 0 aliphatic carbocycles. The average Bonchev–Trinajstić information content (AvgIpc) is 3.26. The van der Waals surface area contributed by atoms with E-state index >= 15 is 0 Å². The maximum absolute atomic E-state index is 13.6. The molecule has 0 radical (unpaired) electrons. The minimum atomic E-state index is -0.357. The van der Waals surface area contributed by atoms with Crippen LogP contribution in [0.4, 0.5) is 14.9 Å². The first-order valence-electron chi connectivity index (χ1n) is 11.0. The minimum absolute atomic E-state index is 0.110. The maximum atomic E-state index is 13.6. The predicted octanol–water partition coefficient (Wildman–Crippen LogP) is 3.62. The number of anilines is 1. The number of halogens is 1. The molecule has 8 nitrogen and oxygen atoms in total. The molecule has 34 heavy (non-hydrogen) atoms. The van der Waals surface area contributed by atoms with Crippen LogP contribution < -0.4 is 10.9 Å². The smallest absolute Gasteiger partial charge is 0.321 e. The number of hydrogen-bond acceptors (Lipinski definition) is 6. The van der Waals surface area contributed by atoms with Gasteiger partial charge in [-0.25, -0.2) is 14.2 Å². The molecule has 1 N–H and O–H groups in total. The average molecular weight is 479 g/mol. The number of amides is 2. The van der Waals surface area contributed by atoms with Crippen LogP contribution in [0.5, 0.6) is 0 Å². The second kappa shape index (κ2) is 9.32. The van der Waals surface area contributed by atoms with Crippen molar-refractivity contribution in [1.82, 2.24) is 24.4 Å². The number of carbonyl (C=O) groups excluding carboxylic acids is 1. The Kier molecular flexibility index (Phi) is 6.08. The molecule has 1 aliphatic heterocycles. The topological polar surface area (TPSA) is 82.8 Å². The van der Waals surface area contributed by atoms with Gasteiger partial charge in [-0.05, 0) is 30.7 Å². The molecular weight excluding hydrogens is 455 g/mol. The summed E-state index contributed by atoms with van der Waals surface area (Å²) in [6.07, 6.45) is 0. The molecular formula is C24H23FN6O2S. The van der Waals surface area contributed by atoms with E-state index in [1.165, 1.54) is 34.1 Å². The standard InChI is InChI=1S/C24H23FN6O2S/c1-16-5-2-3-8-20(16)27-23(33)30-11-9-29(10-12-30)15-19-14-21(32)31-24(26-19)34-22(28-31)17-6-4-7-18(25)13-17/h2-8,13-14H,9-12,15H2,1H3,(H,27,33). The van der Waals surface area contributed by atoms with E-state index in [2.05, 4.69) is 20.3 Å². The fourth-order valence-electron chi connectivity index (χ4n) is 3.92. The number of urea groups is 1. The summed E-state index contributed by atoms with van der Waals surface area (Å²) in [5.41, 5.74) is 2.82. The highest BCUT2D eigenvalue weighted by Gasteiger charge is 2.22. The molecule has 3 heterocycles. The van der Waals surface area contributed by atoms with E-state index in [-0.39, 0.29) is 17.4 Å². The fraction of sp³-hybridized carbons (Fsp3) is 0.250. The highest BCUT2D eigenvalue weighted by Crippen LogP contribution is 2.25. The van der Waals surface area contributed by atoms with Crippen molar-refractivity contribution >= 4 is 28.0 Å². The van der Waals surface area contributed by atoms with Crippen molar-refractivity contribution in [1.29, 1.82) is 0 Å². The molecule has 0 atom stereocenters. The Hall–Kier alpha value is -3.63. The van der Waals surface area contributed by atoms with Crippen molar-refractivity contribution in [2.75, 3.05) is 31.5 Å². The van der Waals surface area contributed by atoms with Gasteiger partial charge in [0.1, 0.15) is 10.8 Å². The molecule has 1 aliphatic rings. The number of para-hydroxylation sites is 1. The largest absolute Gasteiger partial charge is 0.322 e. The van der Waals surface area contributed by atoms with Gasteiger partial charge in [0, 0.05) is 50.0 Å². The van der Waals surface area contributed by atoms with E-state index in [9.17, 15) is 14.0 Å². The van der Waals surface area contributed by atoms with Crippen molar-refractivity contribution in [3.05, 3.63) is 82.0 Å². The van der Waals surface area contributed by atoms with Gasteiger partial charge in [0.2, 0.25) is 4.96 Å². The van der Waals surface area contributed by atoms with Gasteiger partial charge in [-0.2, -0.15) is 9.61 Å². The third kappa shape index (κ3) is 4.68. The van der Waals surface area contributed by atoms with E-state index in [4.69, 9.17) is 0 Å². The van der Waals surface area contributed by atoms with Crippen molar-refractivity contribution in [3.8, 4) is 10.6 Å². The molecule has 5 rings (SSSR count). The highest BCUT2D eigenvalue weighted by atomic mass is 32.1. The van der Waals surface area contributed by atoms with Crippen LogP contribution in [0, 0.1) is 12.7 Å². The molecule has 0 unspecified atom stereocenters. The van der Waals surface area contributed by atoms with Crippen molar-refractivity contribution in [2.24, 2.45) is 0 Å². The monoisotopic (exact) mass is 478 g/mol. The molecule has 1 saturated heterocycles. The van der Waals surface area contributed by atoms with Gasteiger partial charge in [-0.1, -0.05) is 41.7 Å². The highest BCUT2D eigenvalue weighted by molar-refractivity contribution is 7.19. The van der Waals surface area contributed by atoms with E-state index in [0.717, 1.165) is 11.3 Å². The number of nitrogens with zero attached hydrogens (tertiary/aromatic N) is 5. The second-order valence-electron chi connectivity index (χ2n) is 8.21. The van der Waals surface area contributed by atoms with Gasteiger partial charge in [-0.3, -0.25) is 9.69 Å². The summed E-state index contributed by atoms with van der Waals surface area (Å²) in [4.78, 5) is 34.3. The maximum Gasteiger partial charge on any atom is 0.321 e. The molecule has 0 spiro atoms. The first-order chi connectivity index (χ1) is 16.5. The number of aryl methyl sites for hydroxylation is 1. The lowest BCUT2D eigenvalue weighted by Gasteiger charge is -2.34. The molecule has 0 saturated carbocycles. The zero-order valence-corrected chi connectivity index (χ0v) is 19.4.